The summed E-state index contributed by atoms with van der Waals surface area (Å²) in [7, 11) is 0. The second-order valence-corrected chi connectivity index (χ2v) is 6.13. The average Bonchev–Trinajstić information content (AvgIpc) is 2.61. The summed E-state index contributed by atoms with van der Waals surface area (Å²) in [5, 5.41) is 0.565. The van der Waals surface area contributed by atoms with Crippen LogP contribution in [0, 0.1) is 0 Å². The van der Waals surface area contributed by atoms with Crippen LogP contribution in [0.15, 0.2) is 42.6 Å². The maximum absolute atomic E-state index is 12.6. The molecule has 25 heavy (non-hydrogen) atoms. The highest BCUT2D eigenvalue weighted by Gasteiger charge is 2.31. The number of pyridine rings is 1. The Bertz CT molecular complexity index is 739. The molecule has 1 fully saturated rings. The first kappa shape index (κ1) is 17.5. The quantitative estimate of drug-likeness (QED) is 0.809. The van der Waals surface area contributed by atoms with E-state index in [0.717, 1.165) is 12.3 Å². The van der Waals surface area contributed by atoms with E-state index < -0.39 is 11.7 Å². The molecule has 0 N–H and O–H groups in total. The maximum atomic E-state index is 12.6. The van der Waals surface area contributed by atoms with Crippen molar-refractivity contribution in [3.63, 3.8) is 0 Å². The predicted octanol–water partition coefficient (Wildman–Crippen LogP) is 3.72. The molecular formula is C17H15ClF3N3O. The molecule has 1 amide bonds. The minimum Gasteiger partial charge on any atom is -0.353 e. The van der Waals surface area contributed by atoms with Crippen LogP contribution in [0.2, 0.25) is 5.02 Å². The van der Waals surface area contributed by atoms with Gasteiger partial charge in [0.2, 0.25) is 0 Å². The van der Waals surface area contributed by atoms with Gasteiger partial charge < -0.3 is 9.80 Å². The molecule has 2 aromatic rings. The Morgan fingerprint density at radius 1 is 1.00 bits per heavy atom. The number of benzene rings is 1. The Morgan fingerprint density at radius 2 is 1.64 bits per heavy atom. The lowest BCUT2D eigenvalue weighted by atomic mass is 10.2. The lowest BCUT2D eigenvalue weighted by Crippen LogP contribution is -2.49. The Morgan fingerprint density at radius 3 is 2.16 bits per heavy atom. The summed E-state index contributed by atoms with van der Waals surface area (Å²) >= 11 is 5.82. The third-order valence-corrected chi connectivity index (χ3v) is 4.31. The topological polar surface area (TPSA) is 36.4 Å². The number of hydrogen-bond donors (Lipinski definition) is 0. The van der Waals surface area contributed by atoms with Crippen molar-refractivity contribution in [1.29, 1.82) is 0 Å². The highest BCUT2D eigenvalue weighted by molar-refractivity contribution is 6.30. The summed E-state index contributed by atoms with van der Waals surface area (Å²) in [6.45, 7) is 1.98. The highest BCUT2D eigenvalue weighted by atomic mass is 35.5. The molecule has 2 heterocycles. The predicted molar refractivity (Wildman–Crippen MR) is 88.8 cm³/mol. The average molecular weight is 370 g/mol. The summed E-state index contributed by atoms with van der Waals surface area (Å²) in [6, 6.07) is 9.06. The molecule has 0 saturated carbocycles. The number of nitrogens with zero attached hydrogens (tertiary/aromatic N) is 3. The second-order valence-electron chi connectivity index (χ2n) is 5.69. The first-order valence-corrected chi connectivity index (χ1v) is 8.05. The van der Waals surface area contributed by atoms with Crippen LogP contribution in [0.4, 0.5) is 19.0 Å². The number of carbonyl (C=O) groups excluding carboxylic acids is 1. The number of piperazine rings is 1. The standard InChI is InChI=1S/C17H15ClF3N3O/c18-14-4-1-12(2-5-14)16(25)24-9-7-23(8-10-24)15-6-3-13(11-22-15)17(19,20)21/h1-6,11H,7-10H2. The van der Waals surface area contributed by atoms with Crippen LogP contribution in [0.3, 0.4) is 0 Å². The minimum atomic E-state index is -4.39. The lowest BCUT2D eigenvalue weighted by Gasteiger charge is -2.35. The molecule has 1 aromatic heterocycles. The van der Waals surface area contributed by atoms with E-state index in [4.69, 9.17) is 11.6 Å². The van der Waals surface area contributed by atoms with Crippen molar-refractivity contribution < 1.29 is 18.0 Å². The van der Waals surface area contributed by atoms with Crippen molar-refractivity contribution in [3.8, 4) is 0 Å². The highest BCUT2D eigenvalue weighted by Crippen LogP contribution is 2.29. The number of rotatable bonds is 2. The van der Waals surface area contributed by atoms with Crippen LogP contribution >= 0.6 is 11.6 Å². The molecule has 1 aliphatic heterocycles. The van der Waals surface area contributed by atoms with E-state index in [-0.39, 0.29) is 5.91 Å². The maximum Gasteiger partial charge on any atom is 0.417 e. The normalized spacial score (nSPS) is 15.4. The van der Waals surface area contributed by atoms with E-state index >= 15 is 0 Å². The molecule has 1 aliphatic rings. The Balaban J connectivity index is 1.61. The molecule has 0 radical (unpaired) electrons. The van der Waals surface area contributed by atoms with Crippen molar-refractivity contribution >= 4 is 23.3 Å². The Labute approximate surface area is 147 Å². The van der Waals surface area contributed by atoms with Gasteiger partial charge >= 0.3 is 6.18 Å². The second kappa shape index (κ2) is 6.92. The smallest absolute Gasteiger partial charge is 0.353 e. The van der Waals surface area contributed by atoms with Crippen molar-refractivity contribution in [2.75, 3.05) is 31.1 Å². The fourth-order valence-corrected chi connectivity index (χ4v) is 2.78. The van der Waals surface area contributed by atoms with E-state index in [2.05, 4.69) is 4.98 Å². The van der Waals surface area contributed by atoms with Gasteiger partial charge in [-0.25, -0.2) is 4.98 Å². The van der Waals surface area contributed by atoms with Gasteiger partial charge in [-0.3, -0.25) is 4.79 Å². The monoisotopic (exact) mass is 369 g/mol. The molecule has 1 aromatic carbocycles. The van der Waals surface area contributed by atoms with Crippen molar-refractivity contribution in [2.24, 2.45) is 0 Å². The third-order valence-electron chi connectivity index (χ3n) is 4.06. The summed E-state index contributed by atoms with van der Waals surface area (Å²) in [5.74, 6) is 0.392. The van der Waals surface area contributed by atoms with Crippen LogP contribution in [0.25, 0.3) is 0 Å². The van der Waals surface area contributed by atoms with Gasteiger partial charge in [-0.15, -0.1) is 0 Å². The van der Waals surface area contributed by atoms with Crippen molar-refractivity contribution in [3.05, 3.63) is 58.7 Å². The van der Waals surface area contributed by atoms with Crippen molar-refractivity contribution in [2.45, 2.75) is 6.18 Å². The van der Waals surface area contributed by atoms with Crippen molar-refractivity contribution in [1.82, 2.24) is 9.88 Å². The number of anilines is 1. The molecule has 0 atom stereocenters. The van der Waals surface area contributed by atoms with E-state index in [1.165, 1.54) is 6.07 Å². The van der Waals surface area contributed by atoms with Gasteiger partial charge in [-0.1, -0.05) is 11.6 Å². The van der Waals surface area contributed by atoms with E-state index in [9.17, 15) is 18.0 Å². The van der Waals surface area contributed by atoms with Gasteiger partial charge in [-0.2, -0.15) is 13.2 Å². The number of hydrogen-bond acceptors (Lipinski definition) is 3. The third kappa shape index (κ3) is 4.04. The minimum absolute atomic E-state index is 0.0864. The molecule has 3 rings (SSSR count). The molecule has 4 nitrogen and oxygen atoms in total. The number of alkyl halides is 3. The molecule has 0 spiro atoms. The molecule has 8 heteroatoms. The van der Waals surface area contributed by atoms with Crippen LogP contribution < -0.4 is 4.90 Å². The summed E-state index contributed by atoms with van der Waals surface area (Å²) in [5.41, 5.74) is -0.210. The fraction of sp³-hybridized carbons (Fsp3) is 0.294. The van der Waals surface area contributed by atoms with Crippen LogP contribution in [-0.4, -0.2) is 42.0 Å². The van der Waals surface area contributed by atoms with Crippen LogP contribution in [0.5, 0.6) is 0 Å². The lowest BCUT2D eigenvalue weighted by molar-refractivity contribution is -0.137. The van der Waals surface area contributed by atoms with E-state index in [1.54, 1.807) is 29.2 Å². The van der Waals surface area contributed by atoms with Gasteiger partial charge in [0, 0.05) is 43.0 Å². The number of carbonyl (C=O) groups is 1. The first-order valence-electron chi connectivity index (χ1n) is 7.67. The zero-order chi connectivity index (χ0) is 18.0. The zero-order valence-corrected chi connectivity index (χ0v) is 13.9. The van der Waals surface area contributed by atoms with Gasteiger partial charge in [0.05, 0.1) is 5.56 Å². The SMILES string of the molecule is O=C(c1ccc(Cl)cc1)N1CCN(c2ccc(C(F)(F)F)cn2)CC1. The van der Waals surface area contributed by atoms with E-state index in [1.807, 2.05) is 4.90 Å². The van der Waals surface area contributed by atoms with Gasteiger partial charge in [0.15, 0.2) is 0 Å². The number of aromatic nitrogens is 1. The summed E-state index contributed by atoms with van der Waals surface area (Å²) in [4.78, 5) is 19.9. The number of halogens is 4. The van der Waals surface area contributed by atoms with E-state index in [0.29, 0.717) is 42.6 Å². The Hall–Kier alpha value is -2.28. The molecule has 0 bridgehead atoms. The molecular weight excluding hydrogens is 355 g/mol. The largest absolute Gasteiger partial charge is 0.417 e. The molecule has 132 valence electrons. The molecule has 0 aliphatic carbocycles. The van der Waals surface area contributed by atoms with Gasteiger partial charge in [-0.05, 0) is 36.4 Å². The van der Waals surface area contributed by atoms with Gasteiger partial charge in [0.25, 0.3) is 5.91 Å². The fourth-order valence-electron chi connectivity index (χ4n) is 2.65. The molecule has 0 unspecified atom stereocenters. The molecule has 1 saturated heterocycles. The number of amides is 1. The van der Waals surface area contributed by atoms with Gasteiger partial charge in [0.1, 0.15) is 5.82 Å². The first-order chi connectivity index (χ1) is 11.8. The zero-order valence-electron chi connectivity index (χ0n) is 13.1. The van der Waals surface area contributed by atoms with Crippen LogP contribution in [-0.2, 0) is 6.18 Å². The van der Waals surface area contributed by atoms with Crippen LogP contribution in [0.1, 0.15) is 15.9 Å². The summed E-state index contributed by atoms with van der Waals surface area (Å²) < 4.78 is 37.7. The summed E-state index contributed by atoms with van der Waals surface area (Å²) in [6.07, 6.45) is -3.56. The Kier molecular flexibility index (Phi) is 4.85.